The van der Waals surface area contributed by atoms with Crippen molar-refractivity contribution in [2.45, 2.75) is 13.0 Å². The van der Waals surface area contributed by atoms with Gasteiger partial charge in [-0.3, -0.25) is 4.99 Å². The molecule has 21 heavy (non-hydrogen) atoms. The SMILES string of the molecule is Cc1ccc(N2C(N)=NCC2c2ccc(Cl)c(Br)c2)cc1. The fraction of sp³-hybridized carbons (Fsp3) is 0.188. The van der Waals surface area contributed by atoms with Crippen molar-refractivity contribution in [3.63, 3.8) is 0 Å². The van der Waals surface area contributed by atoms with Crippen LogP contribution in [0.5, 0.6) is 0 Å². The molecule has 1 atom stereocenters. The fourth-order valence-electron chi connectivity index (χ4n) is 2.49. The molecule has 1 unspecified atom stereocenters. The third-order valence-corrected chi connectivity index (χ3v) is 4.84. The van der Waals surface area contributed by atoms with Gasteiger partial charge in [0.1, 0.15) is 0 Å². The topological polar surface area (TPSA) is 41.6 Å². The molecule has 108 valence electrons. The van der Waals surface area contributed by atoms with Crippen LogP contribution in [0.1, 0.15) is 17.2 Å². The maximum absolute atomic E-state index is 6.08. The molecule has 1 aliphatic rings. The molecule has 0 aromatic heterocycles. The number of aryl methyl sites for hydroxylation is 1. The van der Waals surface area contributed by atoms with E-state index in [-0.39, 0.29) is 6.04 Å². The first kappa shape index (κ1) is 14.4. The minimum atomic E-state index is 0.0984. The van der Waals surface area contributed by atoms with Crippen molar-refractivity contribution >= 4 is 39.2 Å². The number of aliphatic imine (C=N–C) groups is 1. The Kier molecular flexibility index (Phi) is 3.91. The first-order valence-corrected chi connectivity index (χ1v) is 7.84. The molecule has 0 saturated carbocycles. The zero-order valence-electron chi connectivity index (χ0n) is 11.6. The number of hydrogen-bond acceptors (Lipinski definition) is 3. The van der Waals surface area contributed by atoms with Crippen LogP contribution in [0.4, 0.5) is 5.69 Å². The molecule has 3 nitrogen and oxygen atoms in total. The summed E-state index contributed by atoms with van der Waals surface area (Å²) in [5.74, 6) is 0.551. The van der Waals surface area contributed by atoms with Gasteiger partial charge in [0.2, 0.25) is 0 Å². The number of hydrogen-bond donors (Lipinski definition) is 1. The lowest BCUT2D eigenvalue weighted by atomic mass is 10.1. The van der Waals surface area contributed by atoms with Crippen molar-refractivity contribution in [1.82, 2.24) is 0 Å². The third kappa shape index (κ3) is 2.78. The summed E-state index contributed by atoms with van der Waals surface area (Å²) in [5, 5.41) is 0.701. The van der Waals surface area contributed by atoms with Gasteiger partial charge in [-0.2, -0.15) is 0 Å². The molecule has 0 aliphatic carbocycles. The zero-order valence-corrected chi connectivity index (χ0v) is 13.9. The number of anilines is 1. The Morgan fingerprint density at radius 2 is 1.95 bits per heavy atom. The molecule has 2 aromatic carbocycles. The first-order chi connectivity index (χ1) is 10.1. The summed E-state index contributed by atoms with van der Waals surface area (Å²) in [6.45, 7) is 2.72. The number of rotatable bonds is 2. The van der Waals surface area contributed by atoms with Crippen molar-refractivity contribution in [3.05, 3.63) is 63.1 Å². The Morgan fingerprint density at radius 1 is 1.24 bits per heavy atom. The van der Waals surface area contributed by atoms with E-state index in [4.69, 9.17) is 17.3 Å². The molecular weight excluding hydrogens is 350 g/mol. The van der Waals surface area contributed by atoms with Crippen LogP contribution >= 0.6 is 27.5 Å². The van der Waals surface area contributed by atoms with Crippen LogP contribution in [0, 0.1) is 6.92 Å². The fourth-order valence-corrected chi connectivity index (χ4v) is 3.00. The largest absolute Gasteiger partial charge is 0.369 e. The molecule has 5 heteroatoms. The smallest absolute Gasteiger partial charge is 0.196 e. The summed E-state index contributed by atoms with van der Waals surface area (Å²) in [6, 6.07) is 14.3. The summed E-state index contributed by atoms with van der Waals surface area (Å²) in [5.41, 5.74) is 9.49. The van der Waals surface area contributed by atoms with E-state index in [0.717, 1.165) is 15.7 Å². The maximum Gasteiger partial charge on any atom is 0.196 e. The molecule has 1 aliphatic heterocycles. The van der Waals surface area contributed by atoms with E-state index in [9.17, 15) is 0 Å². The number of guanidine groups is 1. The summed E-state index contributed by atoms with van der Waals surface area (Å²) in [4.78, 5) is 6.46. The Balaban J connectivity index is 1.98. The van der Waals surface area contributed by atoms with Gasteiger partial charge in [0.15, 0.2) is 5.96 Å². The number of halogens is 2. The van der Waals surface area contributed by atoms with E-state index >= 15 is 0 Å². The van der Waals surface area contributed by atoms with Crippen molar-refractivity contribution < 1.29 is 0 Å². The first-order valence-electron chi connectivity index (χ1n) is 6.67. The Labute approximate surface area is 137 Å². The third-order valence-electron chi connectivity index (χ3n) is 3.63. The Morgan fingerprint density at radius 3 is 2.62 bits per heavy atom. The molecule has 2 N–H and O–H groups in total. The molecule has 0 spiro atoms. The number of benzene rings is 2. The second-order valence-corrected chi connectivity index (χ2v) is 6.36. The van der Waals surface area contributed by atoms with E-state index in [1.54, 1.807) is 0 Å². The lowest BCUT2D eigenvalue weighted by Gasteiger charge is -2.27. The molecule has 0 amide bonds. The highest BCUT2D eigenvalue weighted by Gasteiger charge is 2.29. The van der Waals surface area contributed by atoms with Crippen LogP contribution in [0.2, 0.25) is 5.02 Å². The van der Waals surface area contributed by atoms with Crippen molar-refractivity contribution in [3.8, 4) is 0 Å². The van der Waals surface area contributed by atoms with Gasteiger partial charge in [0.05, 0.1) is 17.6 Å². The van der Waals surface area contributed by atoms with Gasteiger partial charge in [-0.1, -0.05) is 35.4 Å². The number of nitrogens with two attached hydrogens (primary N) is 1. The van der Waals surface area contributed by atoms with Gasteiger partial charge in [-0.05, 0) is 52.7 Å². The summed E-state index contributed by atoms with van der Waals surface area (Å²) >= 11 is 9.55. The van der Waals surface area contributed by atoms with Crippen LogP contribution in [-0.2, 0) is 0 Å². The van der Waals surface area contributed by atoms with Gasteiger partial charge >= 0.3 is 0 Å². The van der Waals surface area contributed by atoms with Crippen molar-refractivity contribution in [2.24, 2.45) is 10.7 Å². The molecule has 0 radical (unpaired) electrons. The molecule has 0 saturated heterocycles. The van der Waals surface area contributed by atoms with Crippen molar-refractivity contribution in [2.75, 3.05) is 11.4 Å². The maximum atomic E-state index is 6.08. The molecule has 0 bridgehead atoms. The molecule has 1 heterocycles. The number of nitrogens with zero attached hydrogens (tertiary/aromatic N) is 2. The molecule has 0 fully saturated rings. The molecular formula is C16H15BrClN3. The van der Waals surface area contributed by atoms with Crippen LogP contribution in [0.25, 0.3) is 0 Å². The van der Waals surface area contributed by atoms with Crippen LogP contribution in [0.3, 0.4) is 0 Å². The van der Waals surface area contributed by atoms with Gasteiger partial charge in [-0.25, -0.2) is 0 Å². The van der Waals surface area contributed by atoms with E-state index in [2.05, 4.69) is 57.0 Å². The van der Waals surface area contributed by atoms with Gasteiger partial charge in [0, 0.05) is 10.2 Å². The van der Waals surface area contributed by atoms with Crippen molar-refractivity contribution in [1.29, 1.82) is 0 Å². The van der Waals surface area contributed by atoms with Crippen LogP contribution in [-0.4, -0.2) is 12.5 Å². The van der Waals surface area contributed by atoms with E-state index in [1.165, 1.54) is 5.56 Å². The average molecular weight is 365 g/mol. The second kappa shape index (κ2) is 5.70. The lowest BCUT2D eigenvalue weighted by Crippen LogP contribution is -2.36. The second-order valence-electron chi connectivity index (χ2n) is 5.09. The van der Waals surface area contributed by atoms with E-state index in [0.29, 0.717) is 17.5 Å². The van der Waals surface area contributed by atoms with Gasteiger partial charge in [0.25, 0.3) is 0 Å². The summed E-state index contributed by atoms with van der Waals surface area (Å²) < 4.78 is 0.885. The predicted molar refractivity (Wildman–Crippen MR) is 92.0 cm³/mol. The minimum Gasteiger partial charge on any atom is -0.369 e. The zero-order chi connectivity index (χ0) is 15.0. The normalized spacial score (nSPS) is 18.0. The highest BCUT2D eigenvalue weighted by Crippen LogP contribution is 2.34. The summed E-state index contributed by atoms with van der Waals surface area (Å²) in [7, 11) is 0. The van der Waals surface area contributed by atoms with Gasteiger partial charge < -0.3 is 10.6 Å². The van der Waals surface area contributed by atoms with E-state index in [1.807, 2.05) is 18.2 Å². The van der Waals surface area contributed by atoms with E-state index < -0.39 is 0 Å². The standard InChI is InChI=1S/C16H15BrClN3/c1-10-2-5-12(6-3-10)21-15(9-20-16(21)19)11-4-7-14(18)13(17)8-11/h2-8,15H,9H2,1H3,(H2,19,20). The predicted octanol–water partition coefficient (Wildman–Crippen LogP) is 4.29. The quantitative estimate of drug-likeness (QED) is 0.864. The van der Waals surface area contributed by atoms with Gasteiger partial charge in [-0.15, -0.1) is 0 Å². The minimum absolute atomic E-state index is 0.0984. The molecule has 3 rings (SSSR count). The Hall–Kier alpha value is -1.52. The lowest BCUT2D eigenvalue weighted by molar-refractivity contribution is 0.768. The monoisotopic (exact) mass is 363 g/mol. The highest BCUT2D eigenvalue weighted by atomic mass is 79.9. The average Bonchev–Trinajstić information content (AvgIpc) is 2.85. The summed E-state index contributed by atoms with van der Waals surface area (Å²) in [6.07, 6.45) is 0. The molecule has 2 aromatic rings. The van der Waals surface area contributed by atoms with Crippen LogP contribution < -0.4 is 10.6 Å². The van der Waals surface area contributed by atoms with Crippen LogP contribution in [0.15, 0.2) is 51.9 Å². The Bertz CT molecular complexity index is 697. The highest BCUT2D eigenvalue weighted by molar-refractivity contribution is 9.10.